The monoisotopic (exact) mass is 620 g/mol. The van der Waals surface area contributed by atoms with Crippen LogP contribution in [0, 0.1) is 0 Å². The van der Waals surface area contributed by atoms with E-state index in [9.17, 15) is 18.4 Å². The summed E-state index contributed by atoms with van der Waals surface area (Å²) in [5, 5.41) is 3.26. The van der Waals surface area contributed by atoms with Crippen LogP contribution in [-0.2, 0) is 16.0 Å². The fraction of sp³-hybridized carbons (Fsp3) is 0.242. The Labute approximate surface area is 257 Å². The van der Waals surface area contributed by atoms with Crippen LogP contribution in [0.4, 0.5) is 14.5 Å². The molecule has 8 nitrogen and oxygen atoms in total. The molecule has 0 atom stereocenters. The minimum atomic E-state index is -2.54. The molecule has 0 bridgehead atoms. The van der Waals surface area contributed by atoms with Gasteiger partial charge in [0.15, 0.2) is 18.1 Å². The van der Waals surface area contributed by atoms with Crippen LogP contribution in [0.25, 0.3) is 22.6 Å². The quantitative estimate of drug-likeness (QED) is 0.146. The minimum absolute atomic E-state index is 0.373. The summed E-state index contributed by atoms with van der Waals surface area (Å²) in [4.78, 5) is 31.5. The Bertz CT molecular complexity index is 1700. The van der Waals surface area contributed by atoms with E-state index in [-0.39, 0.29) is 0 Å². The number of fused-ring (bicyclic) bond motifs is 2. The number of para-hydroxylation sites is 1. The first-order chi connectivity index (χ1) is 21.3. The van der Waals surface area contributed by atoms with E-state index in [4.69, 9.17) is 23.9 Å². The normalized spacial score (nSPS) is 13.5. The van der Waals surface area contributed by atoms with Crippen LogP contribution in [0.2, 0.25) is 0 Å². The number of halogens is 2. The number of aromatic nitrogens is 1. The number of hydrogen-bond acceptors (Lipinski definition) is 8. The molecule has 0 saturated heterocycles. The number of ether oxygens (including phenoxy) is 4. The van der Waals surface area contributed by atoms with E-state index in [1.165, 1.54) is 24.3 Å². The van der Waals surface area contributed by atoms with Crippen molar-refractivity contribution in [1.29, 1.82) is 0 Å². The average Bonchev–Trinajstić information content (AvgIpc) is 3.03. The lowest BCUT2D eigenvalue weighted by Crippen LogP contribution is -2.22. The molecule has 5 rings (SSSR count). The van der Waals surface area contributed by atoms with Crippen LogP contribution in [0.1, 0.15) is 40.0 Å². The number of rotatable bonds is 10. The molecular weight excluding hydrogens is 590 g/mol. The van der Waals surface area contributed by atoms with Crippen molar-refractivity contribution in [1.82, 2.24) is 4.98 Å². The van der Waals surface area contributed by atoms with Crippen LogP contribution >= 0.6 is 11.8 Å². The summed E-state index contributed by atoms with van der Waals surface area (Å²) in [6.07, 6.45) is 4.13. The minimum Gasteiger partial charge on any atom is -0.493 e. The van der Waals surface area contributed by atoms with E-state index in [1.807, 2.05) is 42.5 Å². The Morgan fingerprint density at radius 1 is 0.977 bits per heavy atom. The van der Waals surface area contributed by atoms with Crippen LogP contribution in [0.5, 0.6) is 17.2 Å². The zero-order valence-electron chi connectivity index (χ0n) is 24.3. The number of thioether (sulfide) groups is 1. The van der Waals surface area contributed by atoms with Crippen LogP contribution < -0.4 is 19.5 Å². The van der Waals surface area contributed by atoms with Gasteiger partial charge in [0, 0.05) is 16.0 Å². The lowest BCUT2D eigenvalue weighted by molar-refractivity contribution is -0.119. The molecule has 0 fully saturated rings. The number of anilines is 1. The van der Waals surface area contributed by atoms with Crippen molar-refractivity contribution in [2.45, 2.75) is 29.9 Å². The maximum atomic E-state index is 13.6. The van der Waals surface area contributed by atoms with Crippen LogP contribution in [-0.4, -0.2) is 50.6 Å². The van der Waals surface area contributed by atoms with Gasteiger partial charge in [-0.3, -0.25) is 4.79 Å². The van der Waals surface area contributed by atoms with Gasteiger partial charge in [-0.1, -0.05) is 30.0 Å². The second-order valence-electron chi connectivity index (χ2n) is 9.84. The molecule has 4 aromatic rings. The number of alkyl halides is 2. The summed E-state index contributed by atoms with van der Waals surface area (Å²) < 4.78 is 47.1. The van der Waals surface area contributed by atoms with Crippen LogP contribution in [0.15, 0.2) is 65.6 Å². The SMILES string of the molecule is COc1cc(/C=C2\CCCc3c2nc2ccccc2c3C(=O)OCC(=O)Nc2ccc(SC(F)F)cc2)cc(OC)c1OC. The predicted octanol–water partition coefficient (Wildman–Crippen LogP) is 7.25. The van der Waals surface area contributed by atoms with Crippen molar-refractivity contribution in [2.24, 2.45) is 0 Å². The number of carbonyl (C=O) groups is 2. The molecule has 1 heterocycles. The van der Waals surface area contributed by atoms with E-state index in [1.54, 1.807) is 21.3 Å². The highest BCUT2D eigenvalue weighted by Crippen LogP contribution is 2.41. The van der Waals surface area contributed by atoms with Crippen molar-refractivity contribution in [2.75, 3.05) is 33.3 Å². The standard InChI is InChI=1S/C33H30F2N2O6S/c1-40-26-16-19(17-27(41-2)31(26)42-3)15-20-7-6-9-24-29(23-8-4-5-10-25(23)37-30(20)24)32(39)43-18-28(38)36-21-11-13-22(14-12-21)44-33(34)35/h4-5,8,10-17,33H,6-7,9,18H2,1-3H3,(H,36,38)/b20-15+. The number of allylic oxidation sites excluding steroid dienone is 1. The maximum absolute atomic E-state index is 13.6. The zero-order valence-corrected chi connectivity index (χ0v) is 25.1. The van der Waals surface area contributed by atoms with Crippen molar-refractivity contribution >= 4 is 51.9 Å². The number of benzene rings is 3. The van der Waals surface area contributed by atoms with Crippen LogP contribution in [0.3, 0.4) is 0 Å². The summed E-state index contributed by atoms with van der Waals surface area (Å²) in [6, 6.07) is 17.0. The van der Waals surface area contributed by atoms with E-state index < -0.39 is 24.2 Å². The topological polar surface area (TPSA) is 96.0 Å². The molecule has 0 unspecified atom stereocenters. The number of amides is 1. The number of methoxy groups -OCH3 is 3. The molecule has 1 amide bonds. The zero-order chi connectivity index (χ0) is 31.2. The maximum Gasteiger partial charge on any atom is 0.339 e. The molecule has 44 heavy (non-hydrogen) atoms. The average molecular weight is 621 g/mol. The Kier molecular flexibility index (Phi) is 9.64. The van der Waals surface area contributed by atoms with Crippen molar-refractivity contribution < 1.29 is 37.3 Å². The molecule has 0 aliphatic heterocycles. The molecule has 1 aliphatic rings. The third kappa shape index (κ3) is 6.78. The molecule has 11 heteroatoms. The first-order valence-corrected chi connectivity index (χ1v) is 14.6. The van der Waals surface area contributed by atoms with E-state index >= 15 is 0 Å². The number of carbonyl (C=O) groups excluding carboxylic acids is 2. The van der Waals surface area contributed by atoms with E-state index in [2.05, 4.69) is 5.32 Å². The third-order valence-corrected chi connectivity index (χ3v) is 7.82. The van der Waals surface area contributed by atoms with E-state index in [0.29, 0.717) is 68.2 Å². The van der Waals surface area contributed by atoms with Gasteiger partial charge in [-0.05, 0) is 84.5 Å². The Morgan fingerprint density at radius 2 is 1.68 bits per heavy atom. The molecule has 0 saturated carbocycles. The first-order valence-electron chi connectivity index (χ1n) is 13.8. The first kappa shape index (κ1) is 30.8. The highest BCUT2D eigenvalue weighted by Gasteiger charge is 2.27. The van der Waals surface area contributed by atoms with Gasteiger partial charge in [0.25, 0.3) is 11.7 Å². The molecule has 0 radical (unpaired) electrons. The largest absolute Gasteiger partial charge is 0.493 e. The molecule has 1 aliphatic carbocycles. The highest BCUT2D eigenvalue weighted by atomic mass is 32.2. The fourth-order valence-electron chi connectivity index (χ4n) is 5.21. The smallest absolute Gasteiger partial charge is 0.339 e. The van der Waals surface area contributed by atoms with Gasteiger partial charge in [0.2, 0.25) is 5.75 Å². The number of pyridine rings is 1. The van der Waals surface area contributed by atoms with Gasteiger partial charge >= 0.3 is 5.97 Å². The van der Waals surface area contributed by atoms with Gasteiger partial charge in [-0.15, -0.1) is 0 Å². The van der Waals surface area contributed by atoms with Crippen molar-refractivity contribution in [3.05, 3.63) is 83.0 Å². The molecular formula is C33H30F2N2O6S. The number of esters is 1. The van der Waals surface area contributed by atoms with Gasteiger partial charge in [-0.25, -0.2) is 9.78 Å². The second kappa shape index (κ2) is 13.8. The van der Waals surface area contributed by atoms with Gasteiger partial charge in [-0.2, -0.15) is 8.78 Å². The number of nitrogens with zero attached hydrogens (tertiary/aromatic N) is 1. The Morgan fingerprint density at radius 3 is 2.34 bits per heavy atom. The Hall–Kier alpha value is -4.64. The lowest BCUT2D eigenvalue weighted by Gasteiger charge is -2.22. The van der Waals surface area contributed by atoms with E-state index in [0.717, 1.165) is 29.5 Å². The number of nitrogens with one attached hydrogen (secondary N) is 1. The Balaban J connectivity index is 1.43. The molecule has 0 spiro atoms. The third-order valence-electron chi connectivity index (χ3n) is 7.10. The number of hydrogen-bond donors (Lipinski definition) is 1. The van der Waals surface area contributed by atoms with Crippen molar-refractivity contribution in [3.8, 4) is 17.2 Å². The fourth-order valence-corrected chi connectivity index (χ4v) is 5.71. The molecule has 1 aromatic heterocycles. The summed E-state index contributed by atoms with van der Waals surface area (Å²) >= 11 is 0.414. The molecule has 228 valence electrons. The predicted molar refractivity (Wildman–Crippen MR) is 166 cm³/mol. The molecule has 1 N–H and O–H groups in total. The summed E-state index contributed by atoms with van der Waals surface area (Å²) in [7, 11) is 4.66. The van der Waals surface area contributed by atoms with Crippen molar-refractivity contribution in [3.63, 3.8) is 0 Å². The highest BCUT2D eigenvalue weighted by molar-refractivity contribution is 7.99. The summed E-state index contributed by atoms with van der Waals surface area (Å²) in [6.45, 7) is -0.522. The van der Waals surface area contributed by atoms with Gasteiger partial charge in [0.1, 0.15) is 0 Å². The second-order valence-corrected chi connectivity index (χ2v) is 10.9. The lowest BCUT2D eigenvalue weighted by atomic mass is 9.86. The van der Waals surface area contributed by atoms with Gasteiger partial charge in [0.05, 0.1) is 38.1 Å². The molecule has 3 aromatic carbocycles. The summed E-state index contributed by atoms with van der Waals surface area (Å²) in [5.74, 6) is -2.19. The summed E-state index contributed by atoms with van der Waals surface area (Å²) in [5.41, 5.74) is 4.61. The van der Waals surface area contributed by atoms with Gasteiger partial charge < -0.3 is 24.3 Å².